The Morgan fingerprint density at radius 3 is 2.69 bits per heavy atom. The zero-order valence-electron chi connectivity index (χ0n) is 20.0. The Morgan fingerprint density at radius 2 is 2.03 bits per heavy atom. The average Bonchev–Trinajstić information content (AvgIpc) is 3.22. The molecule has 1 atom stereocenters. The summed E-state index contributed by atoms with van der Waals surface area (Å²) in [6.07, 6.45) is 0.111. The van der Waals surface area contributed by atoms with Gasteiger partial charge in [0.15, 0.2) is 0 Å². The van der Waals surface area contributed by atoms with E-state index in [0.29, 0.717) is 26.2 Å². The van der Waals surface area contributed by atoms with Crippen molar-refractivity contribution in [1.29, 1.82) is 0 Å². The van der Waals surface area contributed by atoms with Gasteiger partial charge in [-0.05, 0) is 42.7 Å². The van der Waals surface area contributed by atoms with Crippen LogP contribution in [-0.2, 0) is 28.1 Å². The highest BCUT2D eigenvalue weighted by Crippen LogP contribution is 2.26. The lowest BCUT2D eigenvalue weighted by molar-refractivity contribution is -0.134. The Morgan fingerprint density at radius 1 is 1.28 bits per heavy atom. The molecule has 8 nitrogen and oxygen atoms in total. The van der Waals surface area contributed by atoms with Gasteiger partial charge in [-0.3, -0.25) is 19.6 Å². The monoisotopic (exact) mass is 441 g/mol. The lowest BCUT2D eigenvalue weighted by Crippen LogP contribution is -2.56. The maximum Gasteiger partial charge on any atom is 0.237 e. The number of rotatable bonds is 7. The Bertz CT molecular complexity index is 976. The number of H-pyrrole nitrogens is 1. The van der Waals surface area contributed by atoms with Crippen molar-refractivity contribution in [3.8, 4) is 5.75 Å². The fourth-order valence-corrected chi connectivity index (χ4v) is 3.91. The number of methoxy groups -OCH3 is 1. The van der Waals surface area contributed by atoms with Crippen molar-refractivity contribution in [2.75, 3.05) is 20.2 Å². The molecule has 1 aromatic carbocycles. The second-order valence-corrected chi connectivity index (χ2v) is 9.46. The number of amides is 2. The Labute approximate surface area is 190 Å². The maximum atomic E-state index is 12.7. The van der Waals surface area contributed by atoms with E-state index in [1.807, 2.05) is 25.1 Å². The summed E-state index contributed by atoms with van der Waals surface area (Å²) in [5.74, 6) is 0.587. The molecule has 1 aromatic heterocycles. The number of nitrogens with one attached hydrogen (secondary N) is 3. The zero-order chi connectivity index (χ0) is 23.5. The summed E-state index contributed by atoms with van der Waals surface area (Å²) in [5, 5.41) is 13.1. The summed E-state index contributed by atoms with van der Waals surface area (Å²) in [6, 6.07) is 5.46. The summed E-state index contributed by atoms with van der Waals surface area (Å²) in [7, 11) is 1.66. The van der Waals surface area contributed by atoms with Crippen LogP contribution in [0.15, 0.2) is 18.2 Å². The number of carbonyl (C=O) groups is 2. The van der Waals surface area contributed by atoms with Gasteiger partial charge in [0.2, 0.25) is 11.8 Å². The van der Waals surface area contributed by atoms with Crippen LogP contribution in [0.5, 0.6) is 5.75 Å². The van der Waals surface area contributed by atoms with Gasteiger partial charge in [0.05, 0.1) is 37.5 Å². The smallest absolute Gasteiger partial charge is 0.237 e. The first kappa shape index (κ1) is 23.8. The van der Waals surface area contributed by atoms with Crippen LogP contribution in [0.3, 0.4) is 0 Å². The number of hydrogen-bond acceptors (Lipinski definition) is 5. The number of carbonyl (C=O) groups excluding carboxylic acids is 2. The predicted octanol–water partition coefficient (Wildman–Crippen LogP) is 2.34. The first-order valence-electron chi connectivity index (χ1n) is 11.1. The summed E-state index contributed by atoms with van der Waals surface area (Å²) in [5.41, 5.74) is 5.11. The van der Waals surface area contributed by atoms with Gasteiger partial charge < -0.3 is 15.4 Å². The molecule has 1 saturated heterocycles. The highest BCUT2D eigenvalue weighted by molar-refractivity contribution is 5.88. The number of aromatic amines is 1. The standard InChI is InChI=1S/C24H35N5O3/c1-15-16(2)20(32-6)8-7-17(15)14-29-10-9-25-23(31)19(29)12-22(30)26-13-18-11-21(28-27-18)24(3,4)5/h7-8,11,19H,9-10,12-14H2,1-6H3,(H,25,31)(H,26,30)(H,27,28)/t19-/m1/s1. The molecule has 1 aliphatic rings. The van der Waals surface area contributed by atoms with E-state index in [2.05, 4.69) is 53.4 Å². The van der Waals surface area contributed by atoms with Crippen LogP contribution in [-0.4, -0.2) is 53.2 Å². The Balaban J connectivity index is 1.64. The fourth-order valence-electron chi connectivity index (χ4n) is 3.91. The Kier molecular flexibility index (Phi) is 7.23. The topological polar surface area (TPSA) is 99.3 Å². The van der Waals surface area contributed by atoms with E-state index >= 15 is 0 Å². The molecule has 3 N–H and O–H groups in total. The molecule has 1 fully saturated rings. The van der Waals surface area contributed by atoms with Crippen molar-refractivity contribution in [1.82, 2.24) is 25.7 Å². The summed E-state index contributed by atoms with van der Waals surface area (Å²) >= 11 is 0. The molecule has 0 radical (unpaired) electrons. The molecule has 0 aliphatic carbocycles. The molecule has 1 aliphatic heterocycles. The van der Waals surface area contributed by atoms with E-state index < -0.39 is 6.04 Å². The highest BCUT2D eigenvalue weighted by atomic mass is 16.5. The van der Waals surface area contributed by atoms with Crippen LogP contribution < -0.4 is 15.4 Å². The SMILES string of the molecule is COc1ccc(CN2CCNC(=O)[C@H]2CC(=O)NCc2cc(C(C)(C)C)n[nH]2)c(C)c1C. The molecule has 174 valence electrons. The van der Waals surface area contributed by atoms with E-state index in [4.69, 9.17) is 4.74 Å². The third-order valence-corrected chi connectivity index (χ3v) is 6.14. The maximum absolute atomic E-state index is 12.7. The number of benzene rings is 1. The van der Waals surface area contributed by atoms with Crippen LogP contribution in [0, 0.1) is 13.8 Å². The number of piperazine rings is 1. The van der Waals surface area contributed by atoms with Crippen LogP contribution in [0.1, 0.15) is 55.3 Å². The molecule has 0 spiro atoms. The van der Waals surface area contributed by atoms with Gasteiger partial charge in [0.1, 0.15) is 5.75 Å². The van der Waals surface area contributed by atoms with E-state index in [9.17, 15) is 9.59 Å². The van der Waals surface area contributed by atoms with Crippen molar-refractivity contribution in [3.63, 3.8) is 0 Å². The minimum Gasteiger partial charge on any atom is -0.496 e. The van der Waals surface area contributed by atoms with Crippen LogP contribution in [0.2, 0.25) is 0 Å². The summed E-state index contributed by atoms with van der Waals surface area (Å²) in [6.45, 7) is 12.6. The molecule has 0 bridgehead atoms. The van der Waals surface area contributed by atoms with Gasteiger partial charge in [-0.1, -0.05) is 26.8 Å². The number of nitrogens with zero attached hydrogens (tertiary/aromatic N) is 2. The van der Waals surface area contributed by atoms with Gasteiger partial charge in [0.25, 0.3) is 0 Å². The lowest BCUT2D eigenvalue weighted by atomic mass is 9.92. The van der Waals surface area contributed by atoms with Gasteiger partial charge in [-0.25, -0.2) is 0 Å². The van der Waals surface area contributed by atoms with E-state index in [-0.39, 0.29) is 23.7 Å². The summed E-state index contributed by atoms with van der Waals surface area (Å²) < 4.78 is 5.41. The molecule has 2 heterocycles. The van der Waals surface area contributed by atoms with Crippen molar-refractivity contribution in [2.24, 2.45) is 0 Å². The molecule has 3 rings (SSSR count). The molecule has 2 amide bonds. The average molecular weight is 442 g/mol. The second-order valence-electron chi connectivity index (χ2n) is 9.46. The van der Waals surface area contributed by atoms with Crippen molar-refractivity contribution in [3.05, 3.63) is 46.3 Å². The predicted molar refractivity (Wildman–Crippen MR) is 123 cm³/mol. The molecular formula is C24H35N5O3. The molecule has 8 heteroatoms. The van der Waals surface area contributed by atoms with Crippen molar-refractivity contribution in [2.45, 2.75) is 65.6 Å². The summed E-state index contributed by atoms with van der Waals surface area (Å²) in [4.78, 5) is 27.4. The number of aromatic nitrogens is 2. The molecule has 2 aromatic rings. The van der Waals surface area contributed by atoms with Crippen LogP contribution in [0.4, 0.5) is 0 Å². The van der Waals surface area contributed by atoms with E-state index in [1.54, 1.807) is 7.11 Å². The van der Waals surface area contributed by atoms with Gasteiger partial charge in [-0.2, -0.15) is 5.10 Å². The zero-order valence-corrected chi connectivity index (χ0v) is 20.0. The first-order valence-corrected chi connectivity index (χ1v) is 11.1. The van der Waals surface area contributed by atoms with Crippen LogP contribution in [0.25, 0.3) is 0 Å². The quantitative estimate of drug-likeness (QED) is 0.613. The third kappa shape index (κ3) is 5.48. The third-order valence-electron chi connectivity index (χ3n) is 6.14. The van der Waals surface area contributed by atoms with Gasteiger partial charge in [0, 0.05) is 25.0 Å². The van der Waals surface area contributed by atoms with Crippen LogP contribution >= 0.6 is 0 Å². The van der Waals surface area contributed by atoms with Gasteiger partial charge in [-0.15, -0.1) is 0 Å². The minimum absolute atomic E-state index is 0.0581. The fraction of sp³-hybridized carbons (Fsp3) is 0.542. The van der Waals surface area contributed by atoms with Crippen molar-refractivity contribution < 1.29 is 14.3 Å². The van der Waals surface area contributed by atoms with E-state index in [0.717, 1.165) is 33.8 Å². The molecule has 32 heavy (non-hydrogen) atoms. The van der Waals surface area contributed by atoms with Gasteiger partial charge >= 0.3 is 0 Å². The largest absolute Gasteiger partial charge is 0.496 e. The van der Waals surface area contributed by atoms with E-state index in [1.165, 1.54) is 0 Å². The second kappa shape index (κ2) is 9.73. The first-order chi connectivity index (χ1) is 15.1. The Hall–Kier alpha value is -2.87. The van der Waals surface area contributed by atoms with Crippen molar-refractivity contribution >= 4 is 11.8 Å². The minimum atomic E-state index is -0.502. The highest BCUT2D eigenvalue weighted by Gasteiger charge is 2.32. The number of ether oxygens (including phenoxy) is 1. The molecule has 0 unspecified atom stereocenters. The normalized spacial score (nSPS) is 17.2. The lowest BCUT2D eigenvalue weighted by Gasteiger charge is -2.35. The number of hydrogen-bond donors (Lipinski definition) is 3. The molecule has 0 saturated carbocycles. The molecular weight excluding hydrogens is 406 g/mol.